The number of benzene rings is 1. The molecule has 1 aromatic rings. The van der Waals surface area contributed by atoms with E-state index in [1.165, 1.54) is 18.5 Å². The van der Waals surface area contributed by atoms with Crippen LogP contribution in [0.25, 0.3) is 0 Å². The number of methoxy groups -OCH3 is 1. The first-order chi connectivity index (χ1) is 9.97. The summed E-state index contributed by atoms with van der Waals surface area (Å²) < 4.78 is 5.10. The standard InChI is InChI=1S/C13H18ClN3O4/c1-21-11-3-2-8(14)6-9(11)17-12(18)7-10(13(19)20)16-5-4-15/h2-3,6,10,16H,4-5,7,15H2,1H3,(H,17,18)(H,19,20)/p+1/t10-/m1/s1. The molecular weight excluding hydrogens is 298 g/mol. The summed E-state index contributed by atoms with van der Waals surface area (Å²) in [6, 6.07) is 3.83. The van der Waals surface area contributed by atoms with E-state index in [1.807, 2.05) is 0 Å². The molecule has 1 rings (SSSR count). The molecule has 0 bridgehead atoms. The van der Waals surface area contributed by atoms with Gasteiger partial charge in [-0.2, -0.15) is 0 Å². The van der Waals surface area contributed by atoms with Crippen molar-refractivity contribution in [2.45, 2.75) is 12.5 Å². The zero-order chi connectivity index (χ0) is 15.8. The van der Waals surface area contributed by atoms with E-state index >= 15 is 0 Å². The van der Waals surface area contributed by atoms with Crippen molar-refractivity contribution in [2.75, 3.05) is 25.5 Å². The number of ether oxygens (including phenoxy) is 1. The molecule has 8 heteroatoms. The molecule has 0 aliphatic rings. The molecule has 0 unspecified atom stereocenters. The van der Waals surface area contributed by atoms with Crippen LogP contribution in [0.15, 0.2) is 18.2 Å². The van der Waals surface area contributed by atoms with Crippen molar-refractivity contribution in [2.24, 2.45) is 0 Å². The van der Waals surface area contributed by atoms with Gasteiger partial charge in [0, 0.05) is 5.02 Å². The Labute approximate surface area is 127 Å². The van der Waals surface area contributed by atoms with Crippen LogP contribution in [0.1, 0.15) is 6.42 Å². The molecular formula is C13H19ClN3O4+. The lowest BCUT2D eigenvalue weighted by Crippen LogP contribution is -2.95. The summed E-state index contributed by atoms with van der Waals surface area (Å²) in [4.78, 5) is 22.9. The van der Waals surface area contributed by atoms with Crippen LogP contribution >= 0.6 is 11.6 Å². The topological polar surface area (TPSA) is 123 Å². The number of halogens is 1. The Morgan fingerprint density at radius 1 is 1.52 bits per heavy atom. The van der Waals surface area contributed by atoms with E-state index in [0.29, 0.717) is 29.5 Å². The summed E-state index contributed by atoms with van der Waals surface area (Å²) in [7, 11) is 1.46. The molecule has 0 aliphatic carbocycles. The van der Waals surface area contributed by atoms with E-state index < -0.39 is 17.9 Å². The van der Waals surface area contributed by atoms with Crippen LogP contribution in [-0.4, -0.2) is 38.1 Å². The van der Waals surface area contributed by atoms with Crippen molar-refractivity contribution < 1.29 is 30.5 Å². The maximum Gasteiger partial charge on any atom is 0.230 e. The van der Waals surface area contributed by atoms with Gasteiger partial charge in [0.25, 0.3) is 0 Å². The van der Waals surface area contributed by atoms with Gasteiger partial charge in [-0.05, 0) is 18.2 Å². The van der Waals surface area contributed by atoms with Gasteiger partial charge in [0.05, 0.1) is 25.2 Å². The van der Waals surface area contributed by atoms with Gasteiger partial charge in [0.1, 0.15) is 24.9 Å². The number of quaternary nitrogens is 2. The minimum absolute atomic E-state index is 0.210. The summed E-state index contributed by atoms with van der Waals surface area (Å²) in [6.07, 6.45) is -0.210. The average molecular weight is 317 g/mol. The van der Waals surface area contributed by atoms with Gasteiger partial charge in [0.2, 0.25) is 5.91 Å². The monoisotopic (exact) mass is 316 g/mol. The van der Waals surface area contributed by atoms with Crippen LogP contribution in [0.4, 0.5) is 5.69 Å². The fourth-order valence-electron chi connectivity index (χ4n) is 1.76. The quantitative estimate of drug-likeness (QED) is 0.495. The molecule has 21 heavy (non-hydrogen) atoms. The smallest absolute Gasteiger partial charge is 0.230 e. The van der Waals surface area contributed by atoms with Gasteiger partial charge in [-0.3, -0.25) is 4.79 Å². The first-order valence-corrected chi connectivity index (χ1v) is 6.82. The number of aliphatic carboxylic acids is 1. The number of rotatable bonds is 8. The highest BCUT2D eigenvalue weighted by Gasteiger charge is 2.19. The predicted octanol–water partition coefficient (Wildman–Crippen LogP) is -2.40. The molecule has 0 aromatic heterocycles. The van der Waals surface area contributed by atoms with E-state index in [9.17, 15) is 14.7 Å². The molecule has 1 amide bonds. The van der Waals surface area contributed by atoms with Crippen LogP contribution < -0.4 is 26.2 Å². The Bertz CT molecular complexity index is 510. The maximum absolute atomic E-state index is 11.9. The second-order valence-corrected chi connectivity index (χ2v) is 4.84. The number of nitrogens with two attached hydrogens (primary N) is 1. The Balaban J connectivity index is 2.71. The van der Waals surface area contributed by atoms with Gasteiger partial charge in [0.15, 0.2) is 0 Å². The van der Waals surface area contributed by atoms with Crippen molar-refractivity contribution in [1.82, 2.24) is 0 Å². The average Bonchev–Trinajstić information content (AvgIpc) is 2.43. The summed E-state index contributed by atoms with van der Waals surface area (Å²) in [5, 5.41) is 15.5. The highest BCUT2D eigenvalue weighted by molar-refractivity contribution is 6.31. The highest BCUT2D eigenvalue weighted by atomic mass is 35.5. The molecule has 7 nitrogen and oxygen atoms in total. The third-order valence-electron chi connectivity index (χ3n) is 2.80. The first-order valence-electron chi connectivity index (χ1n) is 6.44. The number of anilines is 1. The van der Waals surface area contributed by atoms with Crippen LogP contribution in [0.3, 0.4) is 0 Å². The van der Waals surface area contributed by atoms with Crippen LogP contribution in [-0.2, 0) is 9.59 Å². The van der Waals surface area contributed by atoms with Crippen LogP contribution in [0, 0.1) is 0 Å². The third kappa shape index (κ3) is 5.58. The number of carboxylic acid groups (broad SMARTS) is 1. The molecule has 1 aromatic carbocycles. The van der Waals surface area contributed by atoms with Crippen LogP contribution in [0.2, 0.25) is 5.02 Å². The number of carboxylic acids is 1. The summed E-state index contributed by atoms with van der Waals surface area (Å²) in [5.41, 5.74) is 4.01. The lowest BCUT2D eigenvalue weighted by atomic mass is 10.2. The van der Waals surface area contributed by atoms with Crippen molar-refractivity contribution in [3.8, 4) is 5.75 Å². The Kier molecular flexibility index (Phi) is 6.93. The Hall–Kier alpha value is -1.83. The minimum Gasteiger partial charge on any atom is -0.544 e. The van der Waals surface area contributed by atoms with E-state index in [1.54, 1.807) is 12.1 Å². The lowest BCUT2D eigenvalue weighted by molar-refractivity contribution is -0.695. The minimum atomic E-state index is -1.28. The van der Waals surface area contributed by atoms with Crippen molar-refractivity contribution in [3.05, 3.63) is 23.2 Å². The van der Waals surface area contributed by atoms with E-state index in [-0.39, 0.29) is 6.42 Å². The number of amides is 1. The zero-order valence-corrected chi connectivity index (χ0v) is 12.5. The number of nitrogens with one attached hydrogen (secondary N) is 1. The molecule has 116 valence electrons. The summed E-state index contributed by atoms with van der Waals surface area (Å²) in [6.45, 7) is 1.07. The summed E-state index contributed by atoms with van der Waals surface area (Å²) >= 11 is 5.86. The van der Waals surface area contributed by atoms with Crippen molar-refractivity contribution in [1.29, 1.82) is 0 Å². The van der Waals surface area contributed by atoms with E-state index in [4.69, 9.17) is 16.3 Å². The molecule has 0 fully saturated rings. The first kappa shape index (κ1) is 17.2. The number of hydrogen-bond acceptors (Lipinski definition) is 4. The lowest BCUT2D eigenvalue weighted by Gasteiger charge is -2.16. The largest absolute Gasteiger partial charge is 0.544 e. The fourth-order valence-corrected chi connectivity index (χ4v) is 1.93. The normalized spacial score (nSPS) is 11.8. The number of carbonyl (C=O) groups excluding carboxylic acids is 2. The molecule has 0 heterocycles. The number of hydrogen-bond donors (Lipinski definition) is 3. The van der Waals surface area contributed by atoms with Crippen molar-refractivity contribution in [3.63, 3.8) is 0 Å². The molecule has 0 aliphatic heterocycles. The molecule has 0 saturated carbocycles. The van der Waals surface area contributed by atoms with Gasteiger partial charge < -0.3 is 31.0 Å². The zero-order valence-electron chi connectivity index (χ0n) is 11.7. The van der Waals surface area contributed by atoms with Gasteiger partial charge in [-0.1, -0.05) is 11.6 Å². The number of carbonyl (C=O) groups is 2. The summed E-state index contributed by atoms with van der Waals surface area (Å²) in [5.74, 6) is -1.29. The Morgan fingerprint density at radius 3 is 2.81 bits per heavy atom. The van der Waals surface area contributed by atoms with Crippen molar-refractivity contribution >= 4 is 29.2 Å². The van der Waals surface area contributed by atoms with Gasteiger partial charge in [-0.15, -0.1) is 0 Å². The molecule has 1 atom stereocenters. The van der Waals surface area contributed by atoms with E-state index in [0.717, 1.165) is 0 Å². The molecule has 0 saturated heterocycles. The second kappa shape index (κ2) is 8.46. The Morgan fingerprint density at radius 2 is 2.24 bits per heavy atom. The molecule has 6 N–H and O–H groups in total. The van der Waals surface area contributed by atoms with E-state index in [2.05, 4.69) is 11.1 Å². The second-order valence-electron chi connectivity index (χ2n) is 4.40. The molecule has 0 spiro atoms. The van der Waals surface area contributed by atoms with Gasteiger partial charge in [-0.25, -0.2) is 0 Å². The fraction of sp³-hybridized carbons (Fsp3) is 0.385. The SMILES string of the molecule is COc1ccc(Cl)cc1NC(=O)C[C@@H]([NH2+]CC[NH3+])C(=O)[O-]. The third-order valence-corrected chi connectivity index (χ3v) is 3.03. The maximum atomic E-state index is 11.9. The van der Waals surface area contributed by atoms with Gasteiger partial charge >= 0.3 is 0 Å². The highest BCUT2D eigenvalue weighted by Crippen LogP contribution is 2.27. The van der Waals surface area contributed by atoms with Crippen LogP contribution in [0.5, 0.6) is 5.75 Å². The predicted molar refractivity (Wildman–Crippen MR) is 74.6 cm³/mol. The molecule has 0 radical (unpaired) electrons.